The fraction of sp³-hybridized carbons (Fsp3) is 0.0909. The standard InChI is InChI=1S/C33H29NO3Si/c1-4-14-27(15-5-1)24-35-38(36-25-28-16-6-2-7-17-28,37-26-29-18-8-3-9-19-29)34-32-22-12-10-20-30(32)31-21-11-13-23-33(31)34/h1-23H,24-26H2. The molecule has 6 aromatic rings. The van der Waals surface area contributed by atoms with Crippen molar-refractivity contribution in [3.63, 3.8) is 0 Å². The van der Waals surface area contributed by atoms with E-state index in [4.69, 9.17) is 13.3 Å². The summed E-state index contributed by atoms with van der Waals surface area (Å²) >= 11 is 0. The van der Waals surface area contributed by atoms with E-state index in [0.717, 1.165) is 38.5 Å². The highest BCUT2D eigenvalue weighted by Crippen LogP contribution is 2.34. The first-order valence-electron chi connectivity index (χ1n) is 12.8. The quantitative estimate of drug-likeness (QED) is 0.175. The highest BCUT2D eigenvalue weighted by Gasteiger charge is 2.48. The summed E-state index contributed by atoms with van der Waals surface area (Å²) in [6.45, 7) is 1.12. The van der Waals surface area contributed by atoms with Gasteiger partial charge in [0.15, 0.2) is 0 Å². The molecule has 188 valence electrons. The van der Waals surface area contributed by atoms with Crippen LogP contribution in [-0.2, 0) is 33.1 Å². The van der Waals surface area contributed by atoms with Gasteiger partial charge in [-0.25, -0.2) is 0 Å². The highest BCUT2D eigenvalue weighted by atomic mass is 28.4. The Morgan fingerprint density at radius 1 is 0.395 bits per heavy atom. The monoisotopic (exact) mass is 515 g/mol. The molecule has 6 rings (SSSR count). The molecule has 5 heteroatoms. The zero-order valence-electron chi connectivity index (χ0n) is 21.1. The third-order valence-corrected chi connectivity index (χ3v) is 9.20. The third-order valence-electron chi connectivity index (χ3n) is 6.65. The zero-order valence-corrected chi connectivity index (χ0v) is 22.1. The molecule has 1 aromatic heterocycles. The lowest BCUT2D eigenvalue weighted by molar-refractivity contribution is 0.0358. The number of aromatic nitrogens is 1. The normalized spacial score (nSPS) is 11.8. The van der Waals surface area contributed by atoms with Crippen molar-refractivity contribution >= 4 is 30.8 Å². The fourth-order valence-electron chi connectivity index (χ4n) is 4.78. The van der Waals surface area contributed by atoms with Gasteiger partial charge in [0.25, 0.3) is 0 Å². The van der Waals surface area contributed by atoms with E-state index < -0.39 is 8.97 Å². The van der Waals surface area contributed by atoms with Crippen LogP contribution in [0.4, 0.5) is 0 Å². The molecule has 38 heavy (non-hydrogen) atoms. The van der Waals surface area contributed by atoms with Crippen LogP contribution in [0.15, 0.2) is 140 Å². The molecule has 0 fully saturated rings. The average Bonchev–Trinajstić information content (AvgIpc) is 3.34. The van der Waals surface area contributed by atoms with Gasteiger partial charge in [-0.3, -0.25) is 4.23 Å². The van der Waals surface area contributed by atoms with Gasteiger partial charge in [-0.05, 0) is 28.8 Å². The van der Waals surface area contributed by atoms with Gasteiger partial charge in [0.2, 0.25) is 0 Å². The van der Waals surface area contributed by atoms with Crippen molar-refractivity contribution in [2.45, 2.75) is 19.8 Å². The molecule has 0 spiro atoms. The number of fused-ring (bicyclic) bond motifs is 3. The summed E-state index contributed by atoms with van der Waals surface area (Å²) in [7, 11) is -3.58. The van der Waals surface area contributed by atoms with E-state index >= 15 is 0 Å². The number of hydrogen-bond donors (Lipinski definition) is 0. The van der Waals surface area contributed by atoms with Crippen molar-refractivity contribution in [1.82, 2.24) is 4.23 Å². The molecule has 1 heterocycles. The second-order valence-electron chi connectivity index (χ2n) is 9.22. The first kappa shape index (κ1) is 24.3. The number of benzene rings is 5. The van der Waals surface area contributed by atoms with Crippen LogP contribution in [0, 0.1) is 0 Å². The van der Waals surface area contributed by atoms with Crippen LogP contribution in [0.5, 0.6) is 0 Å². The Morgan fingerprint density at radius 3 is 1.08 bits per heavy atom. The number of para-hydroxylation sites is 2. The van der Waals surface area contributed by atoms with E-state index in [9.17, 15) is 0 Å². The maximum absolute atomic E-state index is 6.88. The number of nitrogens with zero attached hydrogens (tertiary/aromatic N) is 1. The maximum atomic E-state index is 6.88. The van der Waals surface area contributed by atoms with Crippen LogP contribution in [0.25, 0.3) is 21.8 Å². The fourth-order valence-corrected chi connectivity index (χ4v) is 7.45. The number of hydrogen-bond acceptors (Lipinski definition) is 3. The summed E-state index contributed by atoms with van der Waals surface area (Å²) in [6, 6.07) is 47.4. The van der Waals surface area contributed by atoms with Crippen molar-refractivity contribution in [1.29, 1.82) is 0 Å². The molecular weight excluding hydrogens is 486 g/mol. The van der Waals surface area contributed by atoms with Crippen molar-refractivity contribution in [2.24, 2.45) is 0 Å². The molecule has 0 N–H and O–H groups in total. The van der Waals surface area contributed by atoms with Crippen LogP contribution in [0.3, 0.4) is 0 Å². The highest BCUT2D eigenvalue weighted by molar-refractivity contribution is 6.61. The molecule has 0 saturated heterocycles. The van der Waals surface area contributed by atoms with Gasteiger partial charge >= 0.3 is 8.97 Å². The van der Waals surface area contributed by atoms with Gasteiger partial charge in [-0.15, -0.1) is 0 Å². The van der Waals surface area contributed by atoms with Gasteiger partial charge in [-0.2, -0.15) is 0 Å². The lowest BCUT2D eigenvalue weighted by Gasteiger charge is -2.31. The largest absolute Gasteiger partial charge is 0.639 e. The summed E-state index contributed by atoms with van der Waals surface area (Å²) in [5.41, 5.74) is 5.27. The van der Waals surface area contributed by atoms with Crippen molar-refractivity contribution < 1.29 is 13.3 Å². The molecule has 0 radical (unpaired) electrons. The summed E-state index contributed by atoms with van der Waals surface area (Å²) in [6.07, 6.45) is 0. The Balaban J connectivity index is 1.51. The third kappa shape index (κ3) is 5.05. The summed E-state index contributed by atoms with van der Waals surface area (Å²) in [4.78, 5) is 0. The minimum absolute atomic E-state index is 0.372. The van der Waals surface area contributed by atoms with Crippen LogP contribution in [0.2, 0.25) is 0 Å². The first-order chi connectivity index (χ1) is 18.8. The Morgan fingerprint density at radius 2 is 0.711 bits per heavy atom. The van der Waals surface area contributed by atoms with Crippen molar-refractivity contribution in [2.75, 3.05) is 0 Å². The van der Waals surface area contributed by atoms with Gasteiger partial charge in [0, 0.05) is 21.8 Å². The van der Waals surface area contributed by atoms with Crippen molar-refractivity contribution in [3.8, 4) is 0 Å². The Bertz CT molecular complexity index is 1460. The lowest BCUT2D eigenvalue weighted by Crippen LogP contribution is -2.52. The van der Waals surface area contributed by atoms with Crippen LogP contribution in [0.1, 0.15) is 16.7 Å². The van der Waals surface area contributed by atoms with E-state index in [-0.39, 0.29) is 0 Å². The molecule has 4 nitrogen and oxygen atoms in total. The van der Waals surface area contributed by atoms with Crippen LogP contribution in [-0.4, -0.2) is 13.2 Å². The summed E-state index contributed by atoms with van der Waals surface area (Å²) < 4.78 is 22.8. The summed E-state index contributed by atoms with van der Waals surface area (Å²) in [5.74, 6) is 0. The van der Waals surface area contributed by atoms with E-state index in [2.05, 4.69) is 89.2 Å². The maximum Gasteiger partial charge on any atom is 0.639 e. The van der Waals surface area contributed by atoms with E-state index in [1.54, 1.807) is 0 Å². The smallest absolute Gasteiger partial charge is 0.352 e. The zero-order chi connectivity index (χ0) is 25.6. The molecule has 5 aromatic carbocycles. The van der Waals surface area contributed by atoms with E-state index in [1.165, 1.54) is 0 Å². The Hall–Kier alpha value is -4.00. The SMILES string of the molecule is c1ccc(CO[Si](OCc2ccccc2)(OCc2ccccc2)n2c3ccccc3c3ccccc32)cc1. The van der Waals surface area contributed by atoms with E-state index in [1.807, 2.05) is 54.6 Å². The molecular formula is C33H29NO3Si. The molecule has 0 saturated carbocycles. The predicted molar refractivity (Wildman–Crippen MR) is 154 cm³/mol. The molecule has 0 bridgehead atoms. The van der Waals surface area contributed by atoms with Crippen molar-refractivity contribution in [3.05, 3.63) is 156 Å². The minimum Gasteiger partial charge on any atom is -0.352 e. The number of rotatable bonds is 10. The molecule has 0 aliphatic heterocycles. The Labute approximate surface area is 224 Å². The van der Waals surface area contributed by atoms with Gasteiger partial charge in [-0.1, -0.05) is 127 Å². The molecule has 0 amide bonds. The lowest BCUT2D eigenvalue weighted by atomic mass is 10.2. The van der Waals surface area contributed by atoms with Gasteiger partial charge in [0.1, 0.15) is 0 Å². The average molecular weight is 516 g/mol. The van der Waals surface area contributed by atoms with Crippen LogP contribution < -0.4 is 0 Å². The molecule has 0 atom stereocenters. The van der Waals surface area contributed by atoms with Gasteiger partial charge < -0.3 is 13.3 Å². The predicted octanol–water partition coefficient (Wildman–Crippen LogP) is 7.73. The first-order valence-corrected chi connectivity index (χ1v) is 14.5. The van der Waals surface area contributed by atoms with E-state index in [0.29, 0.717) is 19.8 Å². The minimum atomic E-state index is -3.58. The molecule has 0 unspecified atom stereocenters. The second-order valence-corrected chi connectivity index (χ2v) is 11.6. The Kier molecular flexibility index (Phi) is 7.15. The second kappa shape index (κ2) is 11.2. The topological polar surface area (TPSA) is 32.6 Å². The van der Waals surface area contributed by atoms with Gasteiger partial charge in [0.05, 0.1) is 19.8 Å². The molecule has 0 aliphatic rings. The molecule has 0 aliphatic carbocycles. The summed E-state index contributed by atoms with van der Waals surface area (Å²) in [5, 5.41) is 2.30. The van der Waals surface area contributed by atoms with Crippen LogP contribution >= 0.6 is 0 Å².